The fraction of sp³-hybridized carbons (Fsp3) is 0.167. The summed E-state index contributed by atoms with van der Waals surface area (Å²) in [4.78, 5) is 36.0. The molecule has 0 aliphatic heterocycles. The van der Waals surface area contributed by atoms with Gasteiger partial charge in [-0.3, -0.25) is 19.7 Å². The van der Waals surface area contributed by atoms with Crippen LogP contribution in [0.2, 0.25) is 0 Å². The number of carbonyl (C=O) groups excluding carboxylic acids is 2. The van der Waals surface area contributed by atoms with Crippen molar-refractivity contribution in [1.82, 2.24) is 0 Å². The molecule has 1 atom stereocenters. The summed E-state index contributed by atoms with van der Waals surface area (Å²) in [6.07, 6.45) is 0. The zero-order chi connectivity index (χ0) is 23.8. The normalized spacial score (nSPS) is 11.3. The van der Waals surface area contributed by atoms with Crippen LogP contribution in [0.25, 0.3) is 0 Å². The second-order valence-corrected chi connectivity index (χ2v) is 8.38. The van der Waals surface area contributed by atoms with Crippen LogP contribution in [0.3, 0.4) is 0 Å². The Kier molecular flexibility index (Phi) is 8.04. The number of anilines is 2. The van der Waals surface area contributed by atoms with E-state index in [1.165, 1.54) is 36.0 Å². The molecule has 0 fully saturated rings. The number of amides is 2. The summed E-state index contributed by atoms with van der Waals surface area (Å²) in [5, 5.41) is 16.0. The van der Waals surface area contributed by atoms with E-state index < -0.39 is 4.92 Å². The van der Waals surface area contributed by atoms with Crippen LogP contribution in [0.15, 0.2) is 77.7 Å². The third-order valence-electron chi connectivity index (χ3n) is 4.58. The zero-order valence-corrected chi connectivity index (χ0v) is 18.9. The lowest BCUT2D eigenvalue weighted by atomic mass is 10.2. The smallest absolute Gasteiger partial charge is 0.269 e. The highest BCUT2D eigenvalue weighted by Gasteiger charge is 2.16. The van der Waals surface area contributed by atoms with E-state index in [9.17, 15) is 19.7 Å². The first-order chi connectivity index (χ1) is 15.9. The Hall–Kier alpha value is -3.85. The number of carbonyl (C=O) groups is 2. The molecule has 2 N–H and O–H groups in total. The van der Waals surface area contributed by atoms with Crippen molar-refractivity contribution in [2.24, 2.45) is 0 Å². The minimum absolute atomic E-state index is 0.0764. The van der Waals surface area contributed by atoms with Gasteiger partial charge in [0.25, 0.3) is 11.6 Å². The molecule has 0 heterocycles. The van der Waals surface area contributed by atoms with E-state index in [4.69, 9.17) is 4.74 Å². The van der Waals surface area contributed by atoms with Crippen LogP contribution in [0, 0.1) is 10.1 Å². The van der Waals surface area contributed by atoms with Crippen molar-refractivity contribution >= 4 is 40.6 Å². The van der Waals surface area contributed by atoms with Gasteiger partial charge in [-0.15, -0.1) is 11.8 Å². The number of para-hydroxylation sites is 2. The number of non-ortho nitro benzene ring substituents is 1. The van der Waals surface area contributed by atoms with Crippen molar-refractivity contribution in [2.75, 3.05) is 17.2 Å². The van der Waals surface area contributed by atoms with Gasteiger partial charge in [0.2, 0.25) is 5.91 Å². The van der Waals surface area contributed by atoms with Gasteiger partial charge >= 0.3 is 0 Å². The van der Waals surface area contributed by atoms with Crippen LogP contribution in [0.5, 0.6) is 5.75 Å². The Morgan fingerprint density at radius 1 is 1.00 bits per heavy atom. The van der Waals surface area contributed by atoms with Gasteiger partial charge in [-0.25, -0.2) is 0 Å². The van der Waals surface area contributed by atoms with Gasteiger partial charge < -0.3 is 15.4 Å². The summed E-state index contributed by atoms with van der Waals surface area (Å²) >= 11 is 1.39. The number of nitro benzene ring substituents is 1. The van der Waals surface area contributed by atoms with Crippen molar-refractivity contribution in [3.05, 3.63) is 88.5 Å². The second kappa shape index (κ2) is 11.1. The monoisotopic (exact) mass is 465 g/mol. The Labute approximate surface area is 195 Å². The van der Waals surface area contributed by atoms with Crippen molar-refractivity contribution in [3.8, 4) is 5.75 Å². The van der Waals surface area contributed by atoms with Crippen molar-refractivity contribution in [3.63, 3.8) is 0 Å². The molecule has 0 spiro atoms. The van der Waals surface area contributed by atoms with E-state index in [-0.39, 0.29) is 22.8 Å². The minimum Gasteiger partial charge on any atom is -0.492 e. The van der Waals surface area contributed by atoms with Crippen molar-refractivity contribution in [2.45, 2.75) is 24.0 Å². The fourth-order valence-electron chi connectivity index (χ4n) is 2.90. The SMILES string of the molecule is CCOc1ccccc1NC(=O)C(C)Sc1ccc(NC(=O)c2ccc([N+](=O)[O-])cc2)cc1. The van der Waals surface area contributed by atoms with E-state index in [0.29, 0.717) is 29.3 Å². The molecule has 0 bridgehead atoms. The van der Waals surface area contributed by atoms with Crippen LogP contribution >= 0.6 is 11.8 Å². The van der Waals surface area contributed by atoms with Gasteiger partial charge in [0, 0.05) is 28.3 Å². The molecule has 3 rings (SSSR count). The first kappa shape index (κ1) is 23.8. The lowest BCUT2D eigenvalue weighted by Crippen LogP contribution is -2.22. The van der Waals surface area contributed by atoms with E-state index in [0.717, 1.165) is 4.90 Å². The molecular weight excluding hydrogens is 442 g/mol. The summed E-state index contributed by atoms with van der Waals surface area (Å²) in [6, 6.07) is 19.8. The number of hydrogen-bond donors (Lipinski definition) is 2. The highest BCUT2D eigenvalue weighted by atomic mass is 32.2. The van der Waals surface area contributed by atoms with Crippen LogP contribution < -0.4 is 15.4 Å². The quantitative estimate of drug-likeness (QED) is 0.250. The third-order valence-corrected chi connectivity index (χ3v) is 5.69. The fourth-order valence-corrected chi connectivity index (χ4v) is 3.77. The molecule has 8 nitrogen and oxygen atoms in total. The maximum atomic E-state index is 12.6. The Balaban J connectivity index is 1.57. The lowest BCUT2D eigenvalue weighted by molar-refractivity contribution is -0.384. The van der Waals surface area contributed by atoms with Crippen LogP contribution in [-0.2, 0) is 4.79 Å². The molecule has 33 heavy (non-hydrogen) atoms. The van der Waals surface area contributed by atoms with E-state index in [1.54, 1.807) is 24.3 Å². The standard InChI is InChI=1S/C24H23N3O5S/c1-3-32-22-7-5-4-6-21(22)26-23(28)16(2)33-20-14-10-18(11-15-20)25-24(29)17-8-12-19(13-9-17)27(30)31/h4-16H,3H2,1-2H3,(H,25,29)(H,26,28). The Morgan fingerprint density at radius 2 is 1.67 bits per heavy atom. The molecule has 3 aromatic rings. The Morgan fingerprint density at radius 3 is 2.30 bits per heavy atom. The number of nitrogens with zero attached hydrogens (tertiary/aromatic N) is 1. The largest absolute Gasteiger partial charge is 0.492 e. The van der Waals surface area contributed by atoms with Gasteiger partial charge in [-0.05, 0) is 62.4 Å². The molecule has 0 radical (unpaired) electrons. The van der Waals surface area contributed by atoms with Gasteiger partial charge in [-0.2, -0.15) is 0 Å². The highest BCUT2D eigenvalue weighted by molar-refractivity contribution is 8.00. The summed E-state index contributed by atoms with van der Waals surface area (Å²) < 4.78 is 5.54. The molecule has 0 saturated heterocycles. The maximum absolute atomic E-state index is 12.6. The average Bonchev–Trinajstić information content (AvgIpc) is 2.81. The number of benzene rings is 3. The molecule has 0 saturated carbocycles. The topological polar surface area (TPSA) is 111 Å². The summed E-state index contributed by atoms with van der Waals surface area (Å²) in [6.45, 7) is 4.20. The Bertz CT molecular complexity index is 1130. The summed E-state index contributed by atoms with van der Waals surface area (Å²) in [7, 11) is 0. The predicted octanol–water partition coefficient (Wildman–Crippen LogP) is 5.37. The zero-order valence-electron chi connectivity index (χ0n) is 18.1. The maximum Gasteiger partial charge on any atom is 0.269 e. The van der Waals surface area contributed by atoms with Gasteiger partial charge in [-0.1, -0.05) is 12.1 Å². The summed E-state index contributed by atoms with van der Waals surface area (Å²) in [5.41, 5.74) is 1.44. The number of ether oxygens (including phenoxy) is 1. The van der Waals surface area contributed by atoms with E-state index >= 15 is 0 Å². The molecule has 1 unspecified atom stereocenters. The number of nitrogens with one attached hydrogen (secondary N) is 2. The number of nitro groups is 1. The predicted molar refractivity (Wildman–Crippen MR) is 129 cm³/mol. The van der Waals surface area contributed by atoms with Gasteiger partial charge in [0.15, 0.2) is 0 Å². The van der Waals surface area contributed by atoms with Gasteiger partial charge in [0.1, 0.15) is 5.75 Å². The first-order valence-corrected chi connectivity index (χ1v) is 11.1. The van der Waals surface area contributed by atoms with Crippen molar-refractivity contribution < 1.29 is 19.2 Å². The van der Waals surface area contributed by atoms with Crippen LogP contribution in [0.1, 0.15) is 24.2 Å². The summed E-state index contributed by atoms with van der Waals surface area (Å²) in [5.74, 6) is 0.104. The minimum atomic E-state index is -0.517. The molecule has 9 heteroatoms. The third kappa shape index (κ3) is 6.56. The molecule has 2 amide bonds. The van der Waals surface area contributed by atoms with Gasteiger partial charge in [0.05, 0.1) is 22.5 Å². The van der Waals surface area contributed by atoms with Crippen molar-refractivity contribution in [1.29, 1.82) is 0 Å². The molecule has 0 aliphatic carbocycles. The molecule has 0 aromatic heterocycles. The van der Waals surface area contributed by atoms with E-state index in [1.807, 2.05) is 38.1 Å². The molecule has 3 aromatic carbocycles. The number of rotatable bonds is 9. The highest BCUT2D eigenvalue weighted by Crippen LogP contribution is 2.28. The molecule has 0 aliphatic rings. The number of thioether (sulfide) groups is 1. The van der Waals surface area contributed by atoms with Crippen LogP contribution in [0.4, 0.5) is 17.1 Å². The van der Waals surface area contributed by atoms with E-state index in [2.05, 4.69) is 10.6 Å². The average molecular weight is 466 g/mol. The molecule has 170 valence electrons. The lowest BCUT2D eigenvalue weighted by Gasteiger charge is -2.15. The molecular formula is C24H23N3O5S. The second-order valence-electron chi connectivity index (χ2n) is 6.96. The first-order valence-electron chi connectivity index (χ1n) is 10.2. The van der Waals surface area contributed by atoms with Crippen LogP contribution in [-0.4, -0.2) is 28.6 Å². The number of hydrogen-bond acceptors (Lipinski definition) is 6.